The number of nitrogen functional groups attached to an aromatic ring is 2. The minimum absolute atomic E-state index is 0.186. The molecule has 0 saturated heterocycles. The number of carbonyl (C=O) groups excluding carboxylic acids is 3. The van der Waals surface area contributed by atoms with Crippen LogP contribution in [0.25, 0.3) is 0 Å². The molecule has 0 aromatic carbocycles. The van der Waals surface area contributed by atoms with E-state index in [-0.39, 0.29) is 67.2 Å². The summed E-state index contributed by atoms with van der Waals surface area (Å²) in [5.41, 5.74) is 20.4. The molecule has 0 unspecified atom stereocenters. The van der Waals surface area contributed by atoms with Crippen molar-refractivity contribution in [3.63, 3.8) is 0 Å². The van der Waals surface area contributed by atoms with Crippen LogP contribution >= 0.6 is 73.3 Å². The monoisotopic (exact) mass is 1650 g/mol. The molecule has 3 spiro atoms. The van der Waals surface area contributed by atoms with Gasteiger partial charge in [0.15, 0.2) is 0 Å². The van der Waals surface area contributed by atoms with Crippen molar-refractivity contribution < 1.29 is 14.4 Å². The van der Waals surface area contributed by atoms with E-state index in [9.17, 15) is 28.8 Å². The third kappa shape index (κ3) is 19.3. The molecule has 528 valence electrons. The molecule has 3 amide bonds. The highest BCUT2D eigenvalue weighted by atomic mass is 127. The lowest BCUT2D eigenvalue weighted by Crippen LogP contribution is -2.48. The number of aromatic nitrogens is 11. The SMILES string of the molecule is C#C[Si](C)(C)C.C#Cc1cncnc1Nc1cc(Cl)c2n(c1=O)C1(CCCCC1)NC2=O.C[Si](C)(C)C#Cc1cncnc1N.C[Si](C)(C)C#Cc1cncnc1Nc1cc(Cl)c2n(c1=O)C1(CCCCC1)NC2=O.Nc1ncncc1I.O=C1NC2(CCCCC2)n2c1c(Cl)cc(Br)c2=O. The first-order valence-corrected chi connectivity index (χ1v) is 46.1. The van der Waals surface area contributed by atoms with Gasteiger partial charge in [0.05, 0.1) is 39.8 Å². The lowest BCUT2D eigenvalue weighted by atomic mass is 9.89. The third-order valence-electron chi connectivity index (χ3n) is 16.5. The summed E-state index contributed by atoms with van der Waals surface area (Å²) in [5.74, 6) is 9.55. The molecule has 0 atom stereocenters. The maximum atomic E-state index is 13.4. The molecule has 32 heteroatoms. The molecule has 24 nitrogen and oxygen atoms in total. The number of hydrogen-bond acceptors (Lipinski definition) is 18. The van der Waals surface area contributed by atoms with Crippen LogP contribution in [0.5, 0.6) is 0 Å². The molecule has 3 fully saturated rings. The van der Waals surface area contributed by atoms with Crippen molar-refractivity contribution in [2.45, 2.75) is 172 Å². The lowest BCUT2D eigenvalue weighted by molar-refractivity contribution is 0.0867. The fourth-order valence-electron chi connectivity index (χ4n) is 11.8. The first-order valence-electron chi connectivity index (χ1n) is 32.6. The topological polar surface area (TPSA) is 333 Å². The van der Waals surface area contributed by atoms with Crippen LogP contribution in [0.4, 0.5) is 34.6 Å². The smallest absolute Gasteiger partial charge is 0.276 e. The molecule has 0 bridgehead atoms. The van der Waals surface area contributed by atoms with Gasteiger partial charge in [0, 0.05) is 24.8 Å². The first-order chi connectivity index (χ1) is 47.7. The first kappa shape index (κ1) is 78.5. The van der Waals surface area contributed by atoms with Crippen molar-refractivity contribution in [1.29, 1.82) is 0 Å². The third-order valence-corrected chi connectivity index (χ3v) is 21.4. The van der Waals surface area contributed by atoms with E-state index >= 15 is 0 Å². The molecule has 9 N–H and O–H groups in total. The predicted molar refractivity (Wildman–Crippen MR) is 417 cm³/mol. The molecule has 101 heavy (non-hydrogen) atoms. The van der Waals surface area contributed by atoms with Gasteiger partial charge in [0.2, 0.25) is 0 Å². The Labute approximate surface area is 626 Å². The van der Waals surface area contributed by atoms with Gasteiger partial charge in [-0.25, -0.2) is 39.9 Å². The van der Waals surface area contributed by atoms with Crippen molar-refractivity contribution in [1.82, 2.24) is 69.5 Å². The maximum absolute atomic E-state index is 13.4. The second kappa shape index (κ2) is 33.2. The Balaban J connectivity index is 0.000000165. The Morgan fingerprint density at radius 3 is 1.19 bits per heavy atom. The summed E-state index contributed by atoms with van der Waals surface area (Å²) < 4.78 is 5.91. The standard InChI is InChI=1S/C21H24ClN5O2Si.C18H16ClN5O2.C12H12BrClN2O2.C9H13N3Si.C5H10Si.C4H4IN3/c1-30(2,3)10-7-14-12-23-13-24-18(14)25-16-11-15(22)17-19(28)26-21(27(17)20(16)29)8-5-4-6-9-21;1-2-11-9-20-10-21-15(11)22-13-8-12(19)14-16(25)23-18(24(14)17(13)26)6-4-3-5-7-18;13-7-6-8(14)9-10(17)15-12(16(9)11(7)18)4-2-1-3-5-12;1-13(2,3)5-4-8-6-11-7-12-9(8)10;1-5-6(2,3)4;5-3-1-7-2-8-4(3)6/h11-13H,4-6,8-9H2,1-3H3,(H,26,28)(H,23,24,25);1,8-10H,3-7H2,(H,23,25)(H,20,21,22);6H,1-5H2,(H,15,17);6-7H,1-3H3,(H2,10,11,12);1H,2-4H3;1-2H,(H2,6,7,8). The molecule has 3 aliphatic heterocycles. The average Bonchev–Trinajstić information content (AvgIpc) is 1.61. The van der Waals surface area contributed by atoms with E-state index in [1.165, 1.54) is 54.3 Å². The number of nitrogens with zero attached hydrogens (tertiary/aromatic N) is 11. The van der Waals surface area contributed by atoms with Gasteiger partial charge in [-0.2, -0.15) is 0 Å². The highest BCUT2D eigenvalue weighted by molar-refractivity contribution is 14.1. The van der Waals surface area contributed by atoms with Crippen LogP contribution in [-0.4, -0.2) is 95.5 Å². The Hall–Kier alpha value is -8.25. The van der Waals surface area contributed by atoms with Crippen molar-refractivity contribution >= 4 is 150 Å². The minimum Gasteiger partial charge on any atom is -0.383 e. The van der Waals surface area contributed by atoms with Gasteiger partial charge in [0.1, 0.15) is 118 Å². The molecule has 10 heterocycles. The number of halogens is 5. The quantitative estimate of drug-likeness (QED) is 0.0489. The van der Waals surface area contributed by atoms with E-state index in [2.05, 4.69) is 198 Å². The van der Waals surface area contributed by atoms with Gasteiger partial charge < -0.3 is 38.1 Å². The molecule has 3 saturated carbocycles. The highest BCUT2D eigenvalue weighted by Crippen LogP contribution is 2.42. The van der Waals surface area contributed by atoms with E-state index in [4.69, 9.17) is 59.1 Å². The second-order valence-electron chi connectivity index (χ2n) is 27.7. The van der Waals surface area contributed by atoms with Gasteiger partial charge >= 0.3 is 0 Å². The van der Waals surface area contributed by atoms with Crippen LogP contribution in [0.15, 0.2) is 87.2 Å². The summed E-state index contributed by atoms with van der Waals surface area (Å²) >= 11 is 24.2. The zero-order valence-corrected chi connectivity index (χ0v) is 66.5. The van der Waals surface area contributed by atoms with Crippen LogP contribution < -0.4 is 54.7 Å². The van der Waals surface area contributed by atoms with Gasteiger partial charge in [0.25, 0.3) is 34.4 Å². The number of fused-ring (bicyclic) bond motifs is 6. The van der Waals surface area contributed by atoms with Crippen molar-refractivity contribution in [3.8, 4) is 47.2 Å². The Morgan fingerprint density at radius 2 is 0.832 bits per heavy atom. The molecule has 13 rings (SSSR count). The van der Waals surface area contributed by atoms with Crippen molar-refractivity contribution in [2.75, 3.05) is 22.1 Å². The maximum Gasteiger partial charge on any atom is 0.276 e. The summed E-state index contributed by atoms with van der Waals surface area (Å²) in [4.78, 5) is 108. The van der Waals surface area contributed by atoms with Gasteiger partial charge in [-0.1, -0.05) is 131 Å². The fourth-order valence-corrected chi connectivity index (χ4v) is 14.5. The van der Waals surface area contributed by atoms with Crippen molar-refractivity contribution in [2.24, 2.45) is 0 Å². The molecule has 6 aliphatic rings. The largest absolute Gasteiger partial charge is 0.383 e. The van der Waals surface area contributed by atoms with Crippen LogP contribution in [0.2, 0.25) is 74.0 Å². The van der Waals surface area contributed by atoms with Crippen LogP contribution in [0.1, 0.15) is 144 Å². The van der Waals surface area contributed by atoms with Crippen LogP contribution in [-0.2, 0) is 17.0 Å². The summed E-state index contributed by atoms with van der Waals surface area (Å²) in [7, 11) is -4.04. The number of anilines is 6. The Bertz CT molecular complexity index is 4710. The van der Waals surface area contributed by atoms with Crippen LogP contribution in [0, 0.1) is 50.8 Å². The zero-order valence-electron chi connectivity index (χ0n) is 57.5. The summed E-state index contributed by atoms with van der Waals surface area (Å²) in [6.45, 7) is 19.4. The Morgan fingerprint density at radius 1 is 0.495 bits per heavy atom. The summed E-state index contributed by atoms with van der Waals surface area (Å²) in [5, 5.41) is 15.8. The number of nitrogens with two attached hydrogens (primary N) is 2. The number of terminal acetylenes is 2. The highest BCUT2D eigenvalue weighted by Gasteiger charge is 2.48. The van der Waals surface area contributed by atoms with Crippen LogP contribution in [0.3, 0.4) is 0 Å². The van der Waals surface area contributed by atoms with E-state index < -0.39 is 41.2 Å². The van der Waals surface area contributed by atoms with Crippen molar-refractivity contribution in [3.05, 3.63) is 156 Å². The number of rotatable bonds is 4. The van der Waals surface area contributed by atoms with E-state index in [1.807, 2.05) is 0 Å². The number of amides is 3. The molecule has 7 aromatic heterocycles. The van der Waals surface area contributed by atoms with E-state index in [0.29, 0.717) is 75.3 Å². The van der Waals surface area contributed by atoms with E-state index in [0.717, 1.165) is 79.8 Å². The molecular weight excluding hydrogens is 1570 g/mol. The number of carbonyl (C=O) groups is 3. The predicted octanol–water partition coefficient (Wildman–Crippen LogP) is 12.1. The fraction of sp³-hybridized carbons (Fsp3) is 0.391. The summed E-state index contributed by atoms with van der Waals surface area (Å²) in [6, 6.07) is 4.44. The average molecular weight is 1650 g/mol. The Kier molecular flexibility index (Phi) is 25.8. The molecule has 0 radical (unpaired) electrons. The van der Waals surface area contributed by atoms with E-state index in [1.54, 1.807) is 27.7 Å². The number of hydrogen-bond donors (Lipinski definition) is 7. The van der Waals surface area contributed by atoms with Gasteiger partial charge in [-0.05, 0) is 134 Å². The normalized spacial score (nSPS) is 16.0. The van der Waals surface area contributed by atoms with Gasteiger partial charge in [-0.15, -0.1) is 29.5 Å². The molecule has 7 aromatic rings. The summed E-state index contributed by atoms with van der Waals surface area (Å²) in [6.07, 6.45) is 36.1. The molecule has 3 aliphatic carbocycles. The number of pyridine rings is 3. The second-order valence-corrected chi connectivity index (χ2v) is 45.2. The minimum atomic E-state index is -1.60. The molecular formula is C69H79BrCl3IN18O6Si3. The number of nitrogens with one attached hydrogen (secondary N) is 5. The lowest BCUT2D eigenvalue weighted by Gasteiger charge is -2.35. The van der Waals surface area contributed by atoms with Gasteiger partial charge in [-0.3, -0.25) is 42.5 Å². The zero-order chi connectivity index (χ0) is 73.8.